The zero-order chi connectivity index (χ0) is 24.0. The summed E-state index contributed by atoms with van der Waals surface area (Å²) in [6.45, 7) is 15.6. The fourth-order valence-corrected chi connectivity index (χ4v) is 19.1. The summed E-state index contributed by atoms with van der Waals surface area (Å²) in [7, 11) is 0. The number of hydrogen-bond donors (Lipinski definition) is 1. The molecule has 0 unspecified atom stereocenters. The monoisotopic (exact) mass is 546 g/mol. The Labute approximate surface area is 204 Å². The average molecular weight is 545 g/mol. The summed E-state index contributed by atoms with van der Waals surface area (Å²) in [6, 6.07) is 0. The van der Waals surface area contributed by atoms with E-state index in [-0.39, 0.29) is 11.5 Å². The number of aliphatic hydroxyl groups is 1. The van der Waals surface area contributed by atoms with Crippen LogP contribution >= 0.6 is 0 Å². The van der Waals surface area contributed by atoms with Crippen LogP contribution in [-0.4, -0.2) is 29.6 Å². The van der Waals surface area contributed by atoms with Crippen LogP contribution in [0.25, 0.3) is 0 Å². The van der Waals surface area contributed by atoms with Gasteiger partial charge in [-0.25, -0.2) is 0 Å². The van der Waals surface area contributed by atoms with Crippen molar-refractivity contribution in [2.75, 3.05) is 0 Å². The molecule has 0 spiro atoms. The predicted molar refractivity (Wildman–Crippen MR) is 146 cm³/mol. The molecule has 1 nitrogen and oxygen atoms in total. The van der Waals surface area contributed by atoms with Crippen molar-refractivity contribution in [1.82, 2.24) is 0 Å². The summed E-state index contributed by atoms with van der Waals surface area (Å²) in [5.74, 6) is 6.78. The van der Waals surface area contributed by atoms with Crippen molar-refractivity contribution in [2.45, 2.75) is 119 Å². The van der Waals surface area contributed by atoms with Gasteiger partial charge in [-0.3, -0.25) is 0 Å². The normalized spacial score (nSPS) is 19.6. The Balaban J connectivity index is 2.90. The molecule has 2 heteroatoms. The van der Waals surface area contributed by atoms with E-state index in [1.807, 2.05) is 0 Å². The van der Waals surface area contributed by atoms with Crippen molar-refractivity contribution in [3.8, 4) is 11.8 Å². The molecule has 1 atom stereocenters. The van der Waals surface area contributed by atoms with E-state index in [0.717, 1.165) is 18.4 Å². The van der Waals surface area contributed by atoms with Gasteiger partial charge in [0.1, 0.15) is 0 Å². The van der Waals surface area contributed by atoms with Crippen molar-refractivity contribution >= 4 is 18.4 Å². The second-order valence-electron chi connectivity index (χ2n) is 10.6. The van der Waals surface area contributed by atoms with Gasteiger partial charge in [-0.05, 0) is 0 Å². The molecular weight excluding hydrogens is 495 g/mol. The van der Waals surface area contributed by atoms with Crippen LogP contribution in [0.15, 0.2) is 45.1 Å². The topological polar surface area (TPSA) is 20.2 Å². The molecule has 1 aliphatic rings. The van der Waals surface area contributed by atoms with Gasteiger partial charge in [-0.15, -0.1) is 0 Å². The Kier molecular flexibility index (Phi) is 14.0. The predicted octanol–water partition coefficient (Wildman–Crippen LogP) is 8.93. The van der Waals surface area contributed by atoms with E-state index in [1.165, 1.54) is 63.0 Å². The number of aliphatic hydroxyl groups excluding tert-OH is 1. The van der Waals surface area contributed by atoms with E-state index in [9.17, 15) is 5.11 Å². The third-order valence-corrected chi connectivity index (χ3v) is 21.0. The van der Waals surface area contributed by atoms with Gasteiger partial charge in [0.25, 0.3) is 0 Å². The number of allylic oxidation sites excluding steroid dienone is 6. The van der Waals surface area contributed by atoms with Crippen LogP contribution in [0.1, 0.15) is 99.8 Å². The van der Waals surface area contributed by atoms with Crippen LogP contribution in [0.2, 0.25) is 13.3 Å². The first kappa shape index (κ1) is 29.3. The van der Waals surface area contributed by atoms with Gasteiger partial charge >= 0.3 is 200 Å². The summed E-state index contributed by atoms with van der Waals surface area (Å²) in [4.78, 5) is 0. The molecule has 180 valence electrons. The maximum atomic E-state index is 10.1. The van der Waals surface area contributed by atoms with Crippen molar-refractivity contribution < 1.29 is 5.11 Å². The molecular formula is C30H50OSn. The second kappa shape index (κ2) is 15.2. The average Bonchev–Trinajstić information content (AvgIpc) is 2.72. The summed E-state index contributed by atoms with van der Waals surface area (Å²) in [5, 5.41) is 10.1. The van der Waals surface area contributed by atoms with E-state index in [4.69, 9.17) is 0 Å². The van der Waals surface area contributed by atoms with Crippen LogP contribution < -0.4 is 0 Å². The Hall–Kier alpha value is -0.721. The van der Waals surface area contributed by atoms with Gasteiger partial charge in [0, 0.05) is 0 Å². The molecule has 0 radical (unpaired) electrons. The fourth-order valence-electron chi connectivity index (χ4n) is 5.01. The molecule has 0 saturated heterocycles. The molecule has 0 saturated carbocycles. The minimum atomic E-state index is -2.17. The molecule has 0 bridgehead atoms. The zero-order valence-electron chi connectivity index (χ0n) is 22.2. The molecule has 0 heterocycles. The van der Waals surface area contributed by atoms with Crippen LogP contribution in [0, 0.1) is 17.3 Å². The van der Waals surface area contributed by atoms with Gasteiger partial charge in [0.05, 0.1) is 0 Å². The molecule has 0 fully saturated rings. The zero-order valence-corrected chi connectivity index (χ0v) is 25.0. The first-order chi connectivity index (χ1) is 15.2. The van der Waals surface area contributed by atoms with Gasteiger partial charge in [0.2, 0.25) is 0 Å². The Morgan fingerprint density at radius 1 is 1.00 bits per heavy atom. The molecule has 32 heavy (non-hydrogen) atoms. The van der Waals surface area contributed by atoms with Gasteiger partial charge in [-0.1, -0.05) is 0 Å². The number of unbranched alkanes of at least 4 members (excludes halogenated alkanes) is 3. The third-order valence-electron chi connectivity index (χ3n) is 6.88. The van der Waals surface area contributed by atoms with Crippen molar-refractivity contribution in [1.29, 1.82) is 0 Å². The van der Waals surface area contributed by atoms with Crippen LogP contribution in [-0.2, 0) is 0 Å². The SMILES string of the molecule is CCC[CH2][Sn](/[CH]=C/C=C\C=C(/C)C#CC1=C(C)C[C@@H](O)CC1(C)C)([CH2]CCC)[CH2]CCC. The molecule has 1 N–H and O–H groups in total. The number of rotatable bonds is 12. The first-order valence-electron chi connectivity index (χ1n) is 13.1. The van der Waals surface area contributed by atoms with Crippen molar-refractivity contribution in [3.63, 3.8) is 0 Å². The summed E-state index contributed by atoms with van der Waals surface area (Å²) >= 11 is -2.17. The van der Waals surface area contributed by atoms with Crippen LogP contribution in [0.3, 0.4) is 0 Å². The van der Waals surface area contributed by atoms with Gasteiger partial charge in [0.15, 0.2) is 0 Å². The fraction of sp³-hybridized carbons (Fsp3) is 0.667. The first-order valence-corrected chi connectivity index (χ1v) is 20.8. The summed E-state index contributed by atoms with van der Waals surface area (Å²) in [6.07, 6.45) is 18.4. The van der Waals surface area contributed by atoms with E-state index >= 15 is 0 Å². The van der Waals surface area contributed by atoms with Gasteiger partial charge < -0.3 is 5.11 Å². The quantitative estimate of drug-likeness (QED) is 0.148. The second-order valence-corrected chi connectivity index (χ2v) is 23.6. The minimum absolute atomic E-state index is 0.0423. The molecule has 0 aliphatic heterocycles. The molecule has 1 aliphatic carbocycles. The third kappa shape index (κ3) is 10.5. The Morgan fingerprint density at radius 3 is 2.06 bits per heavy atom. The molecule has 0 amide bonds. The van der Waals surface area contributed by atoms with Gasteiger partial charge in [-0.2, -0.15) is 0 Å². The van der Waals surface area contributed by atoms with Crippen LogP contribution in [0.4, 0.5) is 0 Å². The van der Waals surface area contributed by atoms with E-state index in [1.54, 1.807) is 0 Å². The van der Waals surface area contributed by atoms with Crippen molar-refractivity contribution in [3.05, 3.63) is 45.1 Å². The molecule has 0 aromatic rings. The standard InChI is InChI=1S/C18H23O.3C4H9.Sn/c1-6-7-8-9-14(2)10-11-17-15(3)12-16(19)13-18(17,4)5;3*1-3-4-2;/h1,6-9,16,19H,12-13H2,2-5H3;3*1,3-4H2,2H3;/b6-1?,8-7-,14-9+;;;;/t16-;;;;/m1..../s1. The summed E-state index contributed by atoms with van der Waals surface area (Å²) in [5.41, 5.74) is 3.50. The molecule has 0 aromatic carbocycles. The Bertz CT molecular complexity index is 717. The van der Waals surface area contributed by atoms with E-state index in [2.05, 4.69) is 88.7 Å². The van der Waals surface area contributed by atoms with Crippen molar-refractivity contribution in [2.24, 2.45) is 5.41 Å². The van der Waals surface area contributed by atoms with E-state index in [0.29, 0.717) is 0 Å². The summed E-state index contributed by atoms with van der Waals surface area (Å²) < 4.78 is 7.28. The van der Waals surface area contributed by atoms with E-state index < -0.39 is 18.4 Å². The maximum absolute atomic E-state index is 10.1. The molecule has 1 rings (SSSR count). The Morgan fingerprint density at radius 2 is 1.56 bits per heavy atom. The number of hydrogen-bond acceptors (Lipinski definition) is 1. The van der Waals surface area contributed by atoms with Crippen LogP contribution in [0.5, 0.6) is 0 Å². The molecule has 0 aromatic heterocycles.